The van der Waals surface area contributed by atoms with Crippen molar-refractivity contribution in [1.82, 2.24) is 10.6 Å². The van der Waals surface area contributed by atoms with Crippen LogP contribution in [-0.4, -0.2) is 60.3 Å². The molecule has 2 amide bonds. The molecular formula is C26H34N2O8. The second-order valence-corrected chi connectivity index (χ2v) is 7.46. The Labute approximate surface area is 210 Å². The minimum Gasteiger partial charge on any atom is -0.494 e. The average Bonchev–Trinajstić information content (AvgIpc) is 2.81. The standard InChI is InChI=1S/2C13H17NO4/c1-2-18-11-5-3-4-10(8-11)9-12(15)14-7-6-13(16)17;1-2-18-11-6-4-3-5-10(11)9-12(15)14-8-7-13(16)17/h3-5,8H,2,6-7,9H2,1H3,(H,14,15)(H,16,17);3-6H,2,7-9H2,1H3,(H,14,15)(H,16,17). The van der Waals surface area contributed by atoms with Crippen LogP contribution in [0.25, 0.3) is 0 Å². The predicted molar refractivity (Wildman–Crippen MR) is 133 cm³/mol. The first-order valence-corrected chi connectivity index (χ1v) is 11.6. The number of amides is 2. The van der Waals surface area contributed by atoms with Gasteiger partial charge in [-0.1, -0.05) is 30.3 Å². The van der Waals surface area contributed by atoms with Gasteiger partial charge in [-0.25, -0.2) is 0 Å². The van der Waals surface area contributed by atoms with Gasteiger partial charge in [0.1, 0.15) is 11.5 Å². The number of rotatable bonds is 14. The number of carboxylic acids is 2. The number of hydrogen-bond acceptors (Lipinski definition) is 6. The summed E-state index contributed by atoms with van der Waals surface area (Å²) < 4.78 is 10.7. The molecule has 0 bridgehead atoms. The molecule has 0 fully saturated rings. The number of carbonyl (C=O) groups excluding carboxylic acids is 2. The molecule has 0 heterocycles. The minimum atomic E-state index is -0.926. The Morgan fingerprint density at radius 3 is 1.92 bits per heavy atom. The summed E-state index contributed by atoms with van der Waals surface area (Å²) in [6.45, 7) is 5.19. The van der Waals surface area contributed by atoms with Crippen molar-refractivity contribution in [1.29, 1.82) is 0 Å². The van der Waals surface area contributed by atoms with Crippen molar-refractivity contribution < 1.29 is 38.9 Å². The van der Waals surface area contributed by atoms with Gasteiger partial charge in [0.25, 0.3) is 0 Å². The highest BCUT2D eigenvalue weighted by molar-refractivity contribution is 5.80. The van der Waals surface area contributed by atoms with Gasteiger partial charge in [-0.2, -0.15) is 0 Å². The summed E-state index contributed by atoms with van der Waals surface area (Å²) in [5.41, 5.74) is 1.64. The van der Waals surface area contributed by atoms with Crippen LogP contribution in [0, 0.1) is 0 Å². The van der Waals surface area contributed by atoms with Crippen LogP contribution in [0.1, 0.15) is 37.8 Å². The molecule has 196 valence electrons. The number of carbonyl (C=O) groups is 4. The largest absolute Gasteiger partial charge is 0.494 e. The summed E-state index contributed by atoms with van der Waals surface area (Å²) >= 11 is 0. The van der Waals surface area contributed by atoms with Crippen molar-refractivity contribution in [3.8, 4) is 11.5 Å². The van der Waals surface area contributed by atoms with Crippen LogP contribution in [0.15, 0.2) is 48.5 Å². The van der Waals surface area contributed by atoms with E-state index in [1.165, 1.54) is 0 Å². The molecule has 10 nitrogen and oxygen atoms in total. The summed E-state index contributed by atoms with van der Waals surface area (Å²) in [6.07, 6.45) is 0.278. The average molecular weight is 503 g/mol. The van der Waals surface area contributed by atoms with Gasteiger partial charge in [-0.05, 0) is 37.6 Å². The van der Waals surface area contributed by atoms with Gasteiger partial charge in [0, 0.05) is 18.7 Å². The quantitative estimate of drug-likeness (QED) is 0.307. The third-order valence-electron chi connectivity index (χ3n) is 4.52. The fourth-order valence-corrected chi connectivity index (χ4v) is 2.96. The van der Waals surface area contributed by atoms with Gasteiger partial charge in [0.05, 0.1) is 38.9 Å². The second-order valence-electron chi connectivity index (χ2n) is 7.46. The number of benzene rings is 2. The maximum Gasteiger partial charge on any atom is 0.305 e. The first kappa shape index (κ1) is 30.0. The molecule has 2 rings (SSSR count). The lowest BCUT2D eigenvalue weighted by Crippen LogP contribution is -2.27. The van der Waals surface area contributed by atoms with Crippen LogP contribution in [0.4, 0.5) is 0 Å². The zero-order valence-electron chi connectivity index (χ0n) is 20.6. The predicted octanol–water partition coefficient (Wildman–Crippen LogP) is 2.44. The van der Waals surface area contributed by atoms with Gasteiger partial charge < -0.3 is 30.3 Å². The summed E-state index contributed by atoms with van der Waals surface area (Å²) in [5, 5.41) is 22.0. The van der Waals surface area contributed by atoms with Gasteiger partial charge in [-0.3, -0.25) is 19.2 Å². The van der Waals surface area contributed by atoms with Crippen molar-refractivity contribution in [2.24, 2.45) is 0 Å². The lowest BCUT2D eigenvalue weighted by atomic mass is 10.1. The Bertz CT molecular complexity index is 993. The first-order chi connectivity index (χ1) is 17.2. The Morgan fingerprint density at radius 1 is 0.750 bits per heavy atom. The SMILES string of the molecule is CCOc1cccc(CC(=O)NCCC(=O)O)c1.CCOc1ccccc1CC(=O)NCCC(=O)O. The van der Waals surface area contributed by atoms with Crippen molar-refractivity contribution in [3.63, 3.8) is 0 Å². The highest BCUT2D eigenvalue weighted by Crippen LogP contribution is 2.18. The van der Waals surface area contributed by atoms with E-state index in [4.69, 9.17) is 19.7 Å². The van der Waals surface area contributed by atoms with Gasteiger partial charge in [-0.15, -0.1) is 0 Å². The highest BCUT2D eigenvalue weighted by atomic mass is 16.5. The number of hydrogen-bond donors (Lipinski definition) is 4. The molecule has 4 N–H and O–H groups in total. The molecule has 2 aromatic rings. The van der Waals surface area contributed by atoms with Crippen LogP contribution in [0.3, 0.4) is 0 Å². The highest BCUT2D eigenvalue weighted by Gasteiger charge is 2.09. The van der Waals surface area contributed by atoms with Gasteiger partial charge >= 0.3 is 11.9 Å². The molecule has 0 spiro atoms. The van der Waals surface area contributed by atoms with Crippen molar-refractivity contribution >= 4 is 23.8 Å². The summed E-state index contributed by atoms with van der Waals surface area (Å²) in [6, 6.07) is 14.6. The molecule has 0 saturated heterocycles. The molecule has 0 aliphatic rings. The Hall–Kier alpha value is -4.08. The number of aliphatic carboxylic acids is 2. The molecule has 0 radical (unpaired) electrons. The van der Waals surface area contributed by atoms with E-state index in [1.807, 2.05) is 56.3 Å². The van der Waals surface area contributed by atoms with E-state index in [2.05, 4.69) is 10.6 Å². The van der Waals surface area contributed by atoms with Crippen LogP contribution in [0.5, 0.6) is 11.5 Å². The summed E-state index contributed by atoms with van der Waals surface area (Å²) in [5.74, 6) is -0.825. The van der Waals surface area contributed by atoms with Crippen molar-refractivity contribution in [3.05, 3.63) is 59.7 Å². The summed E-state index contributed by atoms with van der Waals surface area (Å²) in [7, 11) is 0. The van der Waals surface area contributed by atoms with Crippen molar-refractivity contribution in [2.45, 2.75) is 39.5 Å². The second kappa shape index (κ2) is 17.4. The van der Waals surface area contributed by atoms with E-state index in [0.29, 0.717) is 19.0 Å². The monoisotopic (exact) mass is 502 g/mol. The lowest BCUT2D eigenvalue weighted by molar-refractivity contribution is -0.138. The molecule has 0 atom stereocenters. The number of carboxylic acid groups (broad SMARTS) is 2. The van der Waals surface area contributed by atoms with Gasteiger partial charge in [0.2, 0.25) is 11.8 Å². The maximum atomic E-state index is 11.6. The third kappa shape index (κ3) is 13.6. The minimum absolute atomic E-state index is 0.0648. The molecule has 10 heteroatoms. The smallest absolute Gasteiger partial charge is 0.305 e. The van der Waals surface area contributed by atoms with Crippen LogP contribution < -0.4 is 20.1 Å². The number of ether oxygens (including phenoxy) is 2. The molecular weight excluding hydrogens is 468 g/mol. The van der Waals surface area contributed by atoms with Crippen LogP contribution in [0.2, 0.25) is 0 Å². The molecule has 0 aliphatic heterocycles. The molecule has 0 saturated carbocycles. The van der Waals surface area contributed by atoms with Crippen LogP contribution >= 0.6 is 0 Å². The molecule has 0 aromatic heterocycles. The lowest BCUT2D eigenvalue weighted by Gasteiger charge is -2.09. The Morgan fingerprint density at radius 2 is 1.33 bits per heavy atom. The van der Waals surface area contributed by atoms with Crippen molar-refractivity contribution in [2.75, 3.05) is 26.3 Å². The zero-order chi connectivity index (χ0) is 26.8. The number of para-hydroxylation sites is 1. The maximum absolute atomic E-state index is 11.6. The van der Waals surface area contributed by atoms with E-state index in [0.717, 1.165) is 16.9 Å². The Balaban J connectivity index is 0.000000360. The van der Waals surface area contributed by atoms with E-state index in [9.17, 15) is 19.2 Å². The van der Waals surface area contributed by atoms with E-state index in [-0.39, 0.29) is 50.6 Å². The topological polar surface area (TPSA) is 151 Å². The van der Waals surface area contributed by atoms with E-state index >= 15 is 0 Å². The fourth-order valence-electron chi connectivity index (χ4n) is 2.96. The van der Waals surface area contributed by atoms with Crippen LogP contribution in [-0.2, 0) is 32.0 Å². The Kier molecular flexibility index (Phi) is 14.5. The molecule has 2 aromatic carbocycles. The first-order valence-electron chi connectivity index (χ1n) is 11.6. The molecule has 0 unspecified atom stereocenters. The fraction of sp³-hybridized carbons (Fsp3) is 0.385. The normalized spacial score (nSPS) is 9.83. The molecule has 0 aliphatic carbocycles. The molecule has 36 heavy (non-hydrogen) atoms. The third-order valence-corrected chi connectivity index (χ3v) is 4.52. The summed E-state index contributed by atoms with van der Waals surface area (Å²) in [4.78, 5) is 43.7. The van der Waals surface area contributed by atoms with Gasteiger partial charge in [0.15, 0.2) is 0 Å². The van der Waals surface area contributed by atoms with E-state index in [1.54, 1.807) is 6.07 Å². The van der Waals surface area contributed by atoms with E-state index < -0.39 is 11.9 Å². The zero-order valence-corrected chi connectivity index (χ0v) is 20.6. The number of nitrogens with one attached hydrogen (secondary N) is 2.